The zero-order valence-corrected chi connectivity index (χ0v) is 17.2. The highest BCUT2D eigenvalue weighted by Crippen LogP contribution is 2.43. The number of halogens is 2. The average molecular weight is 418 g/mol. The summed E-state index contributed by atoms with van der Waals surface area (Å²) in [5, 5.41) is 20.3. The van der Waals surface area contributed by atoms with Crippen molar-refractivity contribution < 1.29 is 24.2 Å². The van der Waals surface area contributed by atoms with E-state index in [1.165, 1.54) is 17.6 Å². The van der Waals surface area contributed by atoms with Crippen LogP contribution in [0.1, 0.15) is 42.4 Å². The van der Waals surface area contributed by atoms with Crippen LogP contribution in [0.2, 0.25) is 5.02 Å². The van der Waals surface area contributed by atoms with Gasteiger partial charge in [-0.25, -0.2) is 4.39 Å². The summed E-state index contributed by atoms with van der Waals surface area (Å²) in [7, 11) is 0. The van der Waals surface area contributed by atoms with E-state index in [9.17, 15) is 19.8 Å². The fourth-order valence-corrected chi connectivity index (χ4v) is 3.84. The van der Waals surface area contributed by atoms with E-state index in [2.05, 4.69) is 0 Å². The van der Waals surface area contributed by atoms with Crippen LogP contribution >= 0.6 is 11.6 Å². The zero-order valence-electron chi connectivity index (χ0n) is 16.5. The summed E-state index contributed by atoms with van der Waals surface area (Å²) in [6, 6.07) is 8.80. The smallest absolute Gasteiger partial charge is 0.314 e. The van der Waals surface area contributed by atoms with Crippen LogP contribution in [0.5, 0.6) is 5.75 Å². The van der Waals surface area contributed by atoms with E-state index < -0.39 is 34.8 Å². The van der Waals surface area contributed by atoms with Gasteiger partial charge in [-0.05, 0) is 56.2 Å². The number of aromatic nitrogens is 1. The topological polar surface area (TPSA) is 79.5 Å². The summed E-state index contributed by atoms with van der Waals surface area (Å²) in [6.07, 6.45) is 0. The standard InChI is InChI=1S/C22H21ClFNO4/c1-11(2)22(4,21(28)29)18-12(3)25(15-9-10-16(26)19(24)17(15)18)20(27)13-5-7-14(23)8-6-13/h5-11,26H,1-4H3,(H,28,29)/t22-/m1/s1. The van der Waals surface area contributed by atoms with Gasteiger partial charge in [0.05, 0.1) is 10.9 Å². The molecule has 2 aromatic carbocycles. The van der Waals surface area contributed by atoms with Crippen molar-refractivity contribution >= 4 is 34.4 Å². The van der Waals surface area contributed by atoms with E-state index in [1.807, 2.05) is 0 Å². The number of carbonyl (C=O) groups is 2. The van der Waals surface area contributed by atoms with Gasteiger partial charge in [0.25, 0.3) is 5.91 Å². The van der Waals surface area contributed by atoms with Gasteiger partial charge in [0, 0.05) is 27.2 Å². The number of phenols is 1. The van der Waals surface area contributed by atoms with Gasteiger partial charge in [0.15, 0.2) is 11.6 Å². The highest BCUT2D eigenvalue weighted by molar-refractivity contribution is 6.30. The van der Waals surface area contributed by atoms with Crippen molar-refractivity contribution in [2.45, 2.75) is 33.1 Å². The second-order valence-electron chi connectivity index (χ2n) is 7.56. The van der Waals surface area contributed by atoms with Crippen LogP contribution < -0.4 is 0 Å². The molecule has 1 aromatic heterocycles. The molecular weight excluding hydrogens is 397 g/mol. The van der Waals surface area contributed by atoms with E-state index >= 15 is 4.39 Å². The van der Waals surface area contributed by atoms with Crippen LogP contribution in [0.3, 0.4) is 0 Å². The van der Waals surface area contributed by atoms with Gasteiger partial charge in [-0.2, -0.15) is 0 Å². The van der Waals surface area contributed by atoms with Gasteiger partial charge in [0.2, 0.25) is 0 Å². The van der Waals surface area contributed by atoms with Crippen LogP contribution in [-0.2, 0) is 10.2 Å². The first-order valence-electron chi connectivity index (χ1n) is 9.08. The monoisotopic (exact) mass is 417 g/mol. The molecule has 5 nitrogen and oxygen atoms in total. The summed E-state index contributed by atoms with van der Waals surface area (Å²) < 4.78 is 16.3. The van der Waals surface area contributed by atoms with Gasteiger partial charge in [-0.3, -0.25) is 14.2 Å². The van der Waals surface area contributed by atoms with Crippen molar-refractivity contribution in [3.8, 4) is 5.75 Å². The van der Waals surface area contributed by atoms with Crippen LogP contribution in [-0.4, -0.2) is 26.7 Å². The van der Waals surface area contributed by atoms with Gasteiger partial charge < -0.3 is 10.2 Å². The average Bonchev–Trinajstić information content (AvgIpc) is 2.96. The molecule has 7 heteroatoms. The third-order valence-electron chi connectivity index (χ3n) is 5.70. The minimum Gasteiger partial charge on any atom is -0.505 e. The first-order chi connectivity index (χ1) is 13.5. The number of fused-ring (bicyclic) bond motifs is 1. The fraction of sp³-hybridized carbons (Fsp3) is 0.273. The molecule has 29 heavy (non-hydrogen) atoms. The number of carboxylic acids is 1. The number of aromatic hydroxyl groups is 1. The lowest BCUT2D eigenvalue weighted by molar-refractivity contribution is -0.145. The Labute approximate surface area is 172 Å². The minimum absolute atomic E-state index is 0.0663. The Morgan fingerprint density at radius 1 is 1.14 bits per heavy atom. The molecule has 0 saturated carbocycles. The molecule has 0 aliphatic heterocycles. The molecule has 0 bridgehead atoms. The molecule has 0 spiro atoms. The SMILES string of the molecule is Cc1c([C@](C)(C(=O)O)C(C)C)c2c(F)c(O)ccc2n1C(=O)c1ccc(Cl)cc1. The van der Waals surface area contributed by atoms with Crippen LogP contribution in [0.15, 0.2) is 36.4 Å². The van der Waals surface area contributed by atoms with Crippen LogP contribution in [0.25, 0.3) is 10.9 Å². The van der Waals surface area contributed by atoms with E-state index in [0.717, 1.165) is 6.07 Å². The Bertz CT molecular complexity index is 1130. The normalized spacial score (nSPS) is 13.6. The van der Waals surface area contributed by atoms with E-state index in [-0.39, 0.29) is 16.5 Å². The van der Waals surface area contributed by atoms with Gasteiger partial charge in [-0.15, -0.1) is 0 Å². The van der Waals surface area contributed by atoms with Crippen LogP contribution in [0, 0.1) is 18.7 Å². The first-order valence-corrected chi connectivity index (χ1v) is 9.46. The maximum Gasteiger partial charge on any atom is 0.314 e. The van der Waals surface area contributed by atoms with Crippen molar-refractivity contribution in [3.63, 3.8) is 0 Å². The van der Waals surface area contributed by atoms with E-state index in [1.54, 1.807) is 45.0 Å². The summed E-state index contributed by atoms with van der Waals surface area (Å²) >= 11 is 5.90. The molecular formula is C22H21ClFNO4. The number of carboxylic acid groups (broad SMARTS) is 1. The quantitative estimate of drug-likeness (QED) is 0.616. The summed E-state index contributed by atoms with van der Waals surface area (Å²) in [5.41, 5.74) is -0.492. The fourth-order valence-electron chi connectivity index (χ4n) is 3.71. The molecule has 0 aliphatic carbocycles. The summed E-state index contributed by atoms with van der Waals surface area (Å²) in [4.78, 5) is 25.5. The lowest BCUT2D eigenvalue weighted by Crippen LogP contribution is -2.38. The number of phenolic OH excluding ortho intramolecular Hbond substituents is 1. The number of carbonyl (C=O) groups excluding carboxylic acids is 1. The van der Waals surface area contributed by atoms with Crippen molar-refractivity contribution in [1.29, 1.82) is 0 Å². The number of hydrogen-bond donors (Lipinski definition) is 2. The Morgan fingerprint density at radius 2 is 1.72 bits per heavy atom. The number of hydrogen-bond acceptors (Lipinski definition) is 3. The number of nitrogens with zero attached hydrogens (tertiary/aromatic N) is 1. The lowest BCUT2D eigenvalue weighted by atomic mass is 9.72. The number of aliphatic carboxylic acids is 1. The van der Waals surface area contributed by atoms with Crippen molar-refractivity contribution in [2.24, 2.45) is 5.92 Å². The second-order valence-corrected chi connectivity index (χ2v) is 8.00. The Morgan fingerprint density at radius 3 is 2.24 bits per heavy atom. The third kappa shape index (κ3) is 3.08. The Hall–Kier alpha value is -2.86. The van der Waals surface area contributed by atoms with Crippen molar-refractivity contribution in [1.82, 2.24) is 4.57 Å². The Balaban J connectivity index is 2.44. The molecule has 1 heterocycles. The van der Waals surface area contributed by atoms with E-state index in [0.29, 0.717) is 16.3 Å². The molecule has 0 aliphatic rings. The van der Waals surface area contributed by atoms with E-state index in [4.69, 9.17) is 11.6 Å². The molecule has 152 valence electrons. The summed E-state index contributed by atoms with van der Waals surface area (Å²) in [5.74, 6) is -3.55. The number of rotatable bonds is 4. The maximum absolute atomic E-state index is 15.0. The molecule has 3 rings (SSSR count). The second kappa shape index (κ2) is 7.19. The van der Waals surface area contributed by atoms with Crippen molar-refractivity contribution in [2.75, 3.05) is 0 Å². The molecule has 0 amide bonds. The predicted octanol–water partition coefficient (Wildman–Crippen LogP) is 5.13. The molecule has 0 unspecified atom stereocenters. The molecule has 3 aromatic rings. The van der Waals surface area contributed by atoms with Gasteiger partial charge in [-0.1, -0.05) is 25.4 Å². The third-order valence-corrected chi connectivity index (χ3v) is 5.95. The highest BCUT2D eigenvalue weighted by atomic mass is 35.5. The highest BCUT2D eigenvalue weighted by Gasteiger charge is 2.44. The maximum atomic E-state index is 15.0. The molecule has 1 atom stereocenters. The molecule has 0 radical (unpaired) electrons. The lowest BCUT2D eigenvalue weighted by Gasteiger charge is -2.30. The number of benzene rings is 2. The van der Waals surface area contributed by atoms with Crippen LogP contribution in [0.4, 0.5) is 4.39 Å². The molecule has 2 N–H and O–H groups in total. The largest absolute Gasteiger partial charge is 0.505 e. The van der Waals surface area contributed by atoms with Gasteiger partial charge >= 0.3 is 5.97 Å². The zero-order chi connectivity index (χ0) is 21.7. The first kappa shape index (κ1) is 20.9. The van der Waals surface area contributed by atoms with Gasteiger partial charge in [0.1, 0.15) is 0 Å². The predicted molar refractivity (Wildman–Crippen MR) is 109 cm³/mol. The molecule has 0 fully saturated rings. The molecule has 0 saturated heterocycles. The minimum atomic E-state index is -1.48. The Kier molecular flexibility index (Phi) is 5.17. The summed E-state index contributed by atoms with van der Waals surface area (Å²) in [6.45, 7) is 6.53. The van der Waals surface area contributed by atoms with Crippen molar-refractivity contribution in [3.05, 3.63) is 64.1 Å².